The number of carbonyl (C=O) groups excluding carboxylic acids is 1. The molecule has 0 fully saturated rings. The van der Waals surface area contributed by atoms with Crippen molar-refractivity contribution >= 4 is 33.4 Å². The largest absolute Gasteiger partial charge is 0.393 e. The number of fused-ring (bicyclic) bond motifs is 1. The third-order valence-corrected chi connectivity index (χ3v) is 5.08. The fourth-order valence-electron chi connectivity index (χ4n) is 2.69. The molecule has 0 radical (unpaired) electrons. The van der Waals surface area contributed by atoms with Crippen molar-refractivity contribution in [2.45, 2.75) is 45.8 Å². The number of carbonyl (C=O) groups is 1. The molecule has 3 aromatic rings. The molecule has 2 aromatic heterocycles. The second-order valence-corrected chi connectivity index (χ2v) is 7.72. The van der Waals surface area contributed by atoms with Crippen LogP contribution < -0.4 is 5.32 Å². The van der Waals surface area contributed by atoms with E-state index in [1.54, 1.807) is 19.1 Å². The van der Waals surface area contributed by atoms with Crippen molar-refractivity contribution in [2.24, 2.45) is 0 Å². The number of benzene rings is 1. The highest BCUT2D eigenvalue weighted by Crippen LogP contribution is 2.27. The molecular formula is C19H21FN4O2S. The summed E-state index contributed by atoms with van der Waals surface area (Å²) in [5.41, 5.74) is 1.51. The van der Waals surface area contributed by atoms with Gasteiger partial charge < -0.3 is 10.4 Å². The monoisotopic (exact) mass is 388 g/mol. The Balaban J connectivity index is 1.92. The molecule has 0 saturated heterocycles. The Labute approximate surface area is 160 Å². The summed E-state index contributed by atoms with van der Waals surface area (Å²) in [5.74, 6) is -0.208. The minimum absolute atomic E-state index is 0.159. The smallest absolute Gasteiger partial charge is 0.225 e. The average Bonchev–Trinajstić information content (AvgIpc) is 2.98. The number of rotatable bonds is 7. The van der Waals surface area contributed by atoms with E-state index in [9.17, 15) is 14.3 Å². The van der Waals surface area contributed by atoms with Crippen molar-refractivity contribution in [3.63, 3.8) is 0 Å². The minimum Gasteiger partial charge on any atom is -0.393 e. The van der Waals surface area contributed by atoms with Crippen LogP contribution in [0.4, 0.5) is 10.3 Å². The van der Waals surface area contributed by atoms with Gasteiger partial charge in [-0.05, 0) is 44.9 Å². The van der Waals surface area contributed by atoms with Crippen LogP contribution in [0.1, 0.15) is 53.8 Å². The summed E-state index contributed by atoms with van der Waals surface area (Å²) >= 11 is 1.37. The van der Waals surface area contributed by atoms with Gasteiger partial charge in [-0.25, -0.2) is 14.4 Å². The lowest BCUT2D eigenvalue weighted by molar-refractivity contribution is 0.0946. The zero-order valence-corrected chi connectivity index (χ0v) is 16.2. The predicted molar refractivity (Wildman–Crippen MR) is 104 cm³/mol. The topological polar surface area (TPSA) is 88.0 Å². The molecule has 2 N–H and O–H groups in total. The van der Waals surface area contributed by atoms with Crippen molar-refractivity contribution in [2.75, 3.05) is 5.32 Å². The van der Waals surface area contributed by atoms with Gasteiger partial charge in [-0.3, -0.25) is 4.79 Å². The fraction of sp³-hybridized carbons (Fsp3) is 0.368. The number of halogens is 1. The summed E-state index contributed by atoms with van der Waals surface area (Å²) in [6.07, 6.45) is 0.00422. The summed E-state index contributed by atoms with van der Waals surface area (Å²) in [6.45, 7) is 5.36. The molecular weight excluding hydrogens is 367 g/mol. The Morgan fingerprint density at radius 3 is 2.78 bits per heavy atom. The Hall–Kier alpha value is -2.45. The first-order chi connectivity index (χ1) is 12.8. The van der Waals surface area contributed by atoms with Gasteiger partial charge >= 0.3 is 0 Å². The molecule has 2 atom stereocenters. The molecule has 6 nitrogen and oxygen atoms in total. The number of thiazole rings is 1. The highest BCUT2D eigenvalue weighted by Gasteiger charge is 2.19. The number of aromatic nitrogens is 3. The van der Waals surface area contributed by atoms with Crippen LogP contribution in [0.5, 0.6) is 0 Å². The van der Waals surface area contributed by atoms with Crippen LogP contribution in [0.2, 0.25) is 0 Å². The fourth-order valence-corrected chi connectivity index (χ4v) is 3.56. The number of nitrogens with zero attached hydrogens (tertiary/aromatic N) is 3. The van der Waals surface area contributed by atoms with Crippen molar-refractivity contribution < 1.29 is 14.3 Å². The molecule has 0 amide bonds. The number of anilines is 1. The molecule has 0 saturated carbocycles. The molecule has 0 aliphatic rings. The van der Waals surface area contributed by atoms with Gasteiger partial charge in [0.1, 0.15) is 16.2 Å². The first kappa shape index (κ1) is 19.3. The van der Waals surface area contributed by atoms with Crippen LogP contribution in [-0.4, -0.2) is 31.9 Å². The van der Waals surface area contributed by atoms with Crippen molar-refractivity contribution in [1.29, 1.82) is 0 Å². The van der Waals surface area contributed by atoms with Gasteiger partial charge in [-0.2, -0.15) is 4.98 Å². The van der Waals surface area contributed by atoms with Crippen molar-refractivity contribution in [3.8, 4) is 0 Å². The lowest BCUT2D eigenvalue weighted by Crippen LogP contribution is -2.13. The summed E-state index contributed by atoms with van der Waals surface area (Å²) in [6, 6.07) is 6.02. The Morgan fingerprint density at radius 2 is 2.07 bits per heavy atom. The quantitative estimate of drug-likeness (QED) is 0.594. The first-order valence-corrected chi connectivity index (χ1v) is 9.53. The highest BCUT2D eigenvalue weighted by atomic mass is 32.1. The van der Waals surface area contributed by atoms with E-state index in [-0.39, 0.29) is 30.0 Å². The van der Waals surface area contributed by atoms with Gasteiger partial charge in [0.15, 0.2) is 11.4 Å². The maximum Gasteiger partial charge on any atom is 0.225 e. The lowest BCUT2D eigenvalue weighted by Gasteiger charge is -2.15. The molecule has 0 aliphatic carbocycles. The Bertz CT molecular complexity index is 973. The third-order valence-electron chi connectivity index (χ3n) is 4.11. The standard InChI is InChI=1S/C19H21FN4O2S/c1-10(25)7-8-15(26)16-17-18(22-12(3)27-17)24-19(23-16)21-11(2)13-5-4-6-14(20)9-13/h4-6,9-11,25H,7-8H2,1-3H3,(H,21,23,24)/t10-,11+/m1/s1. The van der Waals surface area contributed by atoms with Crippen molar-refractivity contribution in [3.05, 3.63) is 46.3 Å². The molecule has 2 heterocycles. The van der Waals surface area contributed by atoms with Gasteiger partial charge in [0.2, 0.25) is 5.95 Å². The molecule has 27 heavy (non-hydrogen) atoms. The highest BCUT2D eigenvalue weighted by molar-refractivity contribution is 7.18. The number of ketones is 1. The van der Waals surface area contributed by atoms with E-state index in [0.29, 0.717) is 22.5 Å². The number of hydrogen-bond acceptors (Lipinski definition) is 7. The number of aryl methyl sites for hydroxylation is 1. The molecule has 8 heteroatoms. The average molecular weight is 388 g/mol. The second kappa shape index (κ2) is 8.06. The van der Waals surface area contributed by atoms with Crippen LogP contribution in [0, 0.1) is 12.7 Å². The molecule has 142 valence electrons. The zero-order chi connectivity index (χ0) is 19.6. The number of nitrogens with one attached hydrogen (secondary N) is 1. The second-order valence-electron chi connectivity index (χ2n) is 6.51. The van der Waals surface area contributed by atoms with Gasteiger partial charge in [0.05, 0.1) is 17.2 Å². The molecule has 3 rings (SSSR count). The van der Waals surface area contributed by atoms with E-state index in [1.165, 1.54) is 23.5 Å². The lowest BCUT2D eigenvalue weighted by atomic mass is 10.1. The van der Waals surface area contributed by atoms with E-state index in [2.05, 4.69) is 20.3 Å². The summed E-state index contributed by atoms with van der Waals surface area (Å²) in [5, 5.41) is 13.4. The zero-order valence-electron chi connectivity index (χ0n) is 15.4. The Morgan fingerprint density at radius 1 is 1.30 bits per heavy atom. The number of aliphatic hydroxyl groups is 1. The van der Waals surface area contributed by atoms with Gasteiger partial charge in [0, 0.05) is 6.42 Å². The van der Waals surface area contributed by atoms with Gasteiger partial charge in [0.25, 0.3) is 0 Å². The van der Waals surface area contributed by atoms with Crippen LogP contribution in [0.3, 0.4) is 0 Å². The van der Waals surface area contributed by atoms with Crippen LogP contribution in [-0.2, 0) is 0 Å². The van der Waals surface area contributed by atoms with Crippen LogP contribution >= 0.6 is 11.3 Å². The predicted octanol–water partition coefficient (Wildman–Crippen LogP) is 4.05. The maximum absolute atomic E-state index is 13.5. The van der Waals surface area contributed by atoms with Gasteiger partial charge in [-0.1, -0.05) is 12.1 Å². The minimum atomic E-state index is -0.555. The van der Waals surface area contributed by atoms with E-state index in [0.717, 1.165) is 10.6 Å². The van der Waals surface area contributed by atoms with Crippen molar-refractivity contribution in [1.82, 2.24) is 15.0 Å². The summed E-state index contributed by atoms with van der Waals surface area (Å²) in [4.78, 5) is 25.8. The molecule has 0 bridgehead atoms. The molecule has 1 aromatic carbocycles. The van der Waals surface area contributed by atoms with Crippen LogP contribution in [0.15, 0.2) is 24.3 Å². The Kier molecular flexibility index (Phi) is 5.76. The molecule has 0 unspecified atom stereocenters. The summed E-state index contributed by atoms with van der Waals surface area (Å²) in [7, 11) is 0. The van der Waals surface area contributed by atoms with E-state index in [4.69, 9.17) is 0 Å². The SMILES string of the molecule is Cc1nc2nc(N[C@@H](C)c3cccc(F)c3)nc(C(=O)CC[C@@H](C)O)c2s1. The molecule has 0 spiro atoms. The first-order valence-electron chi connectivity index (χ1n) is 8.72. The number of aliphatic hydroxyl groups excluding tert-OH is 1. The van der Waals surface area contributed by atoms with E-state index < -0.39 is 6.10 Å². The summed E-state index contributed by atoms with van der Waals surface area (Å²) < 4.78 is 14.1. The van der Waals surface area contributed by atoms with E-state index in [1.807, 2.05) is 13.8 Å². The number of Topliss-reactive ketones (excluding diaryl/α,β-unsaturated/α-hetero) is 1. The van der Waals surface area contributed by atoms with Crippen LogP contribution in [0.25, 0.3) is 10.3 Å². The normalized spacial score (nSPS) is 13.5. The third kappa shape index (κ3) is 4.64. The van der Waals surface area contributed by atoms with E-state index >= 15 is 0 Å². The maximum atomic E-state index is 13.5. The number of hydrogen-bond donors (Lipinski definition) is 2. The molecule has 0 aliphatic heterocycles. The van der Waals surface area contributed by atoms with Gasteiger partial charge in [-0.15, -0.1) is 11.3 Å².